The van der Waals surface area contributed by atoms with E-state index in [4.69, 9.17) is 16.7 Å². The minimum Gasteiger partial charge on any atom is -0.480 e. The fraction of sp³-hybridized carbons (Fsp3) is 0.429. The quantitative estimate of drug-likeness (QED) is 0.908. The Morgan fingerprint density at radius 1 is 1.35 bits per heavy atom. The number of benzene rings is 1. The molecular weight excluding hydrogens is 280 g/mol. The minimum absolute atomic E-state index is 0.0623. The van der Waals surface area contributed by atoms with Gasteiger partial charge in [-0.15, -0.1) is 0 Å². The molecule has 0 heterocycles. The van der Waals surface area contributed by atoms with Crippen molar-refractivity contribution < 1.29 is 14.7 Å². The van der Waals surface area contributed by atoms with Crippen LogP contribution in [0, 0.1) is 0 Å². The summed E-state index contributed by atoms with van der Waals surface area (Å²) >= 11 is 6.07. The molecule has 1 aromatic carbocycles. The molecule has 0 unspecified atom stereocenters. The van der Waals surface area contributed by atoms with Gasteiger partial charge in [0.15, 0.2) is 0 Å². The van der Waals surface area contributed by atoms with E-state index < -0.39 is 5.97 Å². The Morgan fingerprint density at radius 3 is 2.55 bits per heavy atom. The molecule has 108 valence electrons. The third-order valence-electron chi connectivity index (χ3n) is 3.23. The fourth-order valence-electron chi connectivity index (χ4n) is 2.05. The Kier molecular flexibility index (Phi) is 4.49. The number of hydrogen-bond donors (Lipinski definition) is 1. The van der Waals surface area contributed by atoms with Crippen molar-refractivity contribution in [1.29, 1.82) is 0 Å². The summed E-state index contributed by atoms with van der Waals surface area (Å²) in [6, 6.07) is 7.10. The van der Waals surface area contributed by atoms with Crippen molar-refractivity contribution in [2.24, 2.45) is 0 Å². The van der Waals surface area contributed by atoms with E-state index in [1.807, 2.05) is 18.2 Å². The number of halogens is 1. The highest BCUT2D eigenvalue weighted by Crippen LogP contribution is 2.28. The van der Waals surface area contributed by atoms with Crippen LogP contribution in [0.3, 0.4) is 0 Å². The average Bonchev–Trinajstić information content (AvgIpc) is 3.22. The van der Waals surface area contributed by atoms with Gasteiger partial charge in [-0.1, -0.05) is 29.8 Å². The fourth-order valence-corrected chi connectivity index (χ4v) is 2.25. The Hall–Kier alpha value is -1.75. The first-order valence-corrected chi connectivity index (χ1v) is 6.83. The lowest BCUT2D eigenvalue weighted by atomic mass is 10.2. The van der Waals surface area contributed by atoms with E-state index in [0.717, 1.165) is 18.4 Å². The van der Waals surface area contributed by atoms with E-state index in [9.17, 15) is 9.59 Å². The summed E-state index contributed by atoms with van der Waals surface area (Å²) in [5, 5.41) is 9.49. The lowest BCUT2D eigenvalue weighted by Gasteiger charge is -2.27. The molecule has 0 bridgehead atoms. The predicted molar refractivity (Wildman–Crippen MR) is 75.7 cm³/mol. The summed E-state index contributed by atoms with van der Waals surface area (Å²) in [6.45, 7) is 0.109. The maximum Gasteiger partial charge on any atom is 0.323 e. The maximum absolute atomic E-state index is 12.3. The molecule has 1 aliphatic rings. The molecule has 2 amide bonds. The zero-order chi connectivity index (χ0) is 14.7. The number of carboxylic acids is 1. The number of urea groups is 1. The lowest BCUT2D eigenvalue weighted by Crippen LogP contribution is -2.44. The molecule has 0 saturated heterocycles. The molecule has 1 N–H and O–H groups in total. The highest BCUT2D eigenvalue weighted by Gasteiger charge is 2.35. The van der Waals surface area contributed by atoms with Crippen LogP contribution in [0.15, 0.2) is 24.3 Å². The number of rotatable bonds is 5. The van der Waals surface area contributed by atoms with Gasteiger partial charge in [-0.2, -0.15) is 0 Å². The molecule has 0 spiro atoms. The lowest BCUT2D eigenvalue weighted by molar-refractivity contribution is -0.137. The van der Waals surface area contributed by atoms with E-state index in [2.05, 4.69) is 0 Å². The second-order valence-electron chi connectivity index (χ2n) is 4.98. The van der Waals surface area contributed by atoms with Gasteiger partial charge in [0.05, 0.1) is 0 Å². The van der Waals surface area contributed by atoms with E-state index >= 15 is 0 Å². The molecule has 0 aliphatic heterocycles. The summed E-state index contributed by atoms with van der Waals surface area (Å²) in [5.41, 5.74) is 0.844. The first kappa shape index (κ1) is 14.7. The molecule has 1 saturated carbocycles. The zero-order valence-corrected chi connectivity index (χ0v) is 12.0. The van der Waals surface area contributed by atoms with Gasteiger partial charge in [-0.05, 0) is 24.5 Å². The first-order chi connectivity index (χ1) is 9.49. The van der Waals surface area contributed by atoms with Gasteiger partial charge in [0.1, 0.15) is 6.54 Å². The molecule has 0 aromatic heterocycles. The Labute approximate surface area is 122 Å². The number of aliphatic carboxylic acids is 1. The summed E-state index contributed by atoms with van der Waals surface area (Å²) in [6.07, 6.45) is 1.75. The molecule has 1 aliphatic carbocycles. The monoisotopic (exact) mass is 296 g/mol. The number of hydrogen-bond acceptors (Lipinski definition) is 2. The summed E-state index contributed by atoms with van der Waals surface area (Å²) < 4.78 is 0. The molecule has 6 heteroatoms. The third kappa shape index (κ3) is 3.63. The molecule has 2 rings (SSSR count). The molecule has 1 fully saturated rings. The van der Waals surface area contributed by atoms with Crippen LogP contribution in [0.2, 0.25) is 5.02 Å². The van der Waals surface area contributed by atoms with Gasteiger partial charge in [0, 0.05) is 24.7 Å². The third-order valence-corrected chi connectivity index (χ3v) is 3.60. The van der Waals surface area contributed by atoms with Crippen molar-refractivity contribution in [1.82, 2.24) is 9.80 Å². The minimum atomic E-state index is -0.989. The van der Waals surface area contributed by atoms with Crippen LogP contribution in [-0.2, 0) is 11.3 Å². The number of carbonyl (C=O) groups is 2. The van der Waals surface area contributed by atoms with E-state index in [-0.39, 0.29) is 18.6 Å². The summed E-state index contributed by atoms with van der Waals surface area (Å²) in [4.78, 5) is 26.1. The molecule has 0 atom stereocenters. The average molecular weight is 297 g/mol. The smallest absolute Gasteiger partial charge is 0.323 e. The van der Waals surface area contributed by atoms with Gasteiger partial charge in [0.25, 0.3) is 0 Å². The standard InChI is InChI=1S/C14H17ClN2O3/c1-16(8-10-4-2-3-5-12(10)15)14(20)17(9-13(18)19)11-6-7-11/h2-5,11H,6-9H2,1H3,(H,18,19). The van der Waals surface area contributed by atoms with Crippen molar-refractivity contribution in [2.45, 2.75) is 25.4 Å². The van der Waals surface area contributed by atoms with Crippen molar-refractivity contribution >= 4 is 23.6 Å². The van der Waals surface area contributed by atoms with Crippen LogP contribution < -0.4 is 0 Å². The largest absolute Gasteiger partial charge is 0.480 e. The Morgan fingerprint density at radius 2 is 2.00 bits per heavy atom. The zero-order valence-electron chi connectivity index (χ0n) is 11.3. The molecule has 0 radical (unpaired) electrons. The Balaban J connectivity index is 2.03. The topological polar surface area (TPSA) is 60.9 Å². The molecule has 5 nitrogen and oxygen atoms in total. The molecular formula is C14H17ClN2O3. The van der Waals surface area contributed by atoms with Gasteiger partial charge in [-0.3, -0.25) is 4.79 Å². The summed E-state index contributed by atoms with van der Waals surface area (Å²) in [5.74, 6) is -0.989. The highest BCUT2D eigenvalue weighted by molar-refractivity contribution is 6.31. The number of carboxylic acid groups (broad SMARTS) is 1. The van der Waals surface area contributed by atoms with Gasteiger partial charge in [-0.25, -0.2) is 4.79 Å². The Bertz CT molecular complexity index is 517. The highest BCUT2D eigenvalue weighted by atomic mass is 35.5. The van der Waals surface area contributed by atoms with Gasteiger partial charge < -0.3 is 14.9 Å². The van der Waals surface area contributed by atoms with E-state index in [0.29, 0.717) is 11.6 Å². The van der Waals surface area contributed by atoms with Crippen LogP contribution in [0.5, 0.6) is 0 Å². The van der Waals surface area contributed by atoms with Crippen molar-refractivity contribution in [2.75, 3.05) is 13.6 Å². The maximum atomic E-state index is 12.3. The molecule has 20 heavy (non-hydrogen) atoms. The second-order valence-corrected chi connectivity index (χ2v) is 5.39. The van der Waals surface area contributed by atoms with E-state index in [1.165, 1.54) is 9.80 Å². The van der Waals surface area contributed by atoms with Crippen LogP contribution in [-0.4, -0.2) is 46.5 Å². The summed E-state index contributed by atoms with van der Waals surface area (Å²) in [7, 11) is 1.66. The first-order valence-electron chi connectivity index (χ1n) is 6.46. The van der Waals surface area contributed by atoms with Gasteiger partial charge >= 0.3 is 12.0 Å². The van der Waals surface area contributed by atoms with E-state index in [1.54, 1.807) is 13.1 Å². The second kappa shape index (κ2) is 6.13. The number of amides is 2. The van der Waals surface area contributed by atoms with Crippen LogP contribution >= 0.6 is 11.6 Å². The van der Waals surface area contributed by atoms with Crippen LogP contribution in [0.1, 0.15) is 18.4 Å². The SMILES string of the molecule is CN(Cc1ccccc1Cl)C(=O)N(CC(=O)O)C1CC1. The normalized spacial score (nSPS) is 13.9. The number of carbonyl (C=O) groups excluding carboxylic acids is 1. The molecule has 1 aromatic rings. The van der Waals surface area contributed by atoms with Gasteiger partial charge in [0.2, 0.25) is 0 Å². The van der Waals surface area contributed by atoms with Crippen molar-refractivity contribution in [3.05, 3.63) is 34.9 Å². The van der Waals surface area contributed by atoms with Crippen molar-refractivity contribution in [3.63, 3.8) is 0 Å². The predicted octanol–water partition coefficient (Wildman–Crippen LogP) is 2.44. The van der Waals surface area contributed by atoms with Crippen LogP contribution in [0.4, 0.5) is 4.79 Å². The van der Waals surface area contributed by atoms with Crippen LogP contribution in [0.25, 0.3) is 0 Å². The number of nitrogens with zero attached hydrogens (tertiary/aromatic N) is 2. The van der Waals surface area contributed by atoms with Crippen molar-refractivity contribution in [3.8, 4) is 0 Å².